The van der Waals surface area contributed by atoms with Gasteiger partial charge in [0.25, 0.3) is 15.9 Å². The van der Waals surface area contributed by atoms with E-state index in [4.69, 9.17) is 20.5 Å². The molecule has 148 valence electrons. The van der Waals surface area contributed by atoms with E-state index in [0.29, 0.717) is 23.7 Å². The second-order valence-corrected chi connectivity index (χ2v) is 9.92. The lowest BCUT2D eigenvalue weighted by Crippen LogP contribution is -2.43. The highest BCUT2D eigenvalue weighted by atomic mass is 35.5. The molecule has 13 heteroatoms. The van der Waals surface area contributed by atoms with Gasteiger partial charge in [0.05, 0.1) is 16.5 Å². The van der Waals surface area contributed by atoms with Crippen LogP contribution in [-0.4, -0.2) is 47.1 Å². The van der Waals surface area contributed by atoms with Crippen molar-refractivity contribution in [3.8, 4) is 11.7 Å². The molecule has 1 aliphatic heterocycles. The van der Waals surface area contributed by atoms with Crippen molar-refractivity contribution in [1.29, 1.82) is 0 Å². The predicted molar refractivity (Wildman–Crippen MR) is 99.2 cm³/mol. The van der Waals surface area contributed by atoms with Gasteiger partial charge in [0.2, 0.25) is 11.7 Å². The Balaban J connectivity index is 1.44. The second-order valence-electron chi connectivity index (χ2n) is 6.04. The Morgan fingerprint density at radius 3 is 2.89 bits per heavy atom. The molecule has 1 amide bonds. The molecular weight excluding hydrogens is 430 g/mol. The van der Waals surface area contributed by atoms with Crippen molar-refractivity contribution < 1.29 is 22.2 Å². The summed E-state index contributed by atoms with van der Waals surface area (Å²) in [6, 6.07) is 4.45. The topological polar surface area (TPSA) is 131 Å². The smallest absolute Gasteiger partial charge is 0.322 e. The largest absolute Gasteiger partial charge is 0.400 e. The third-order valence-electron chi connectivity index (χ3n) is 4.20. The molecule has 4 rings (SSSR count). The fourth-order valence-electron chi connectivity index (χ4n) is 2.85. The molecule has 10 nitrogen and oxygen atoms in total. The number of nitrogens with one attached hydrogen (secondary N) is 1. The van der Waals surface area contributed by atoms with Crippen LogP contribution in [0, 0.1) is 5.92 Å². The van der Waals surface area contributed by atoms with E-state index < -0.39 is 21.8 Å². The summed E-state index contributed by atoms with van der Waals surface area (Å²) in [5.41, 5.74) is 0. The first-order valence-corrected chi connectivity index (χ1v) is 10.9. The van der Waals surface area contributed by atoms with Gasteiger partial charge in [-0.2, -0.15) is 4.31 Å². The van der Waals surface area contributed by atoms with E-state index in [0.717, 1.165) is 11.3 Å². The molecule has 0 aliphatic carbocycles. The molecule has 1 aliphatic rings. The van der Waals surface area contributed by atoms with Crippen LogP contribution in [-0.2, 0) is 14.8 Å². The van der Waals surface area contributed by atoms with Crippen LogP contribution in [0.3, 0.4) is 0 Å². The number of aromatic nitrogens is 3. The van der Waals surface area contributed by atoms with Gasteiger partial charge in [-0.1, -0.05) is 21.9 Å². The maximum absolute atomic E-state index is 12.8. The molecule has 0 saturated carbocycles. The normalized spacial score (nSPS) is 18.2. The lowest BCUT2D eigenvalue weighted by atomic mass is 9.99. The molecule has 28 heavy (non-hydrogen) atoms. The number of hydrogen-bond acceptors (Lipinski definition) is 9. The average molecular weight is 444 g/mol. The number of anilines is 1. The number of amides is 1. The molecular formula is C15H14ClN5O5S2. The fraction of sp³-hybridized carbons (Fsp3) is 0.333. The van der Waals surface area contributed by atoms with Gasteiger partial charge in [-0.3, -0.25) is 10.1 Å². The van der Waals surface area contributed by atoms with Gasteiger partial charge in [0.1, 0.15) is 4.21 Å². The van der Waals surface area contributed by atoms with Crippen molar-refractivity contribution in [3.05, 3.63) is 28.7 Å². The molecule has 1 N–H and O–H groups in total. The summed E-state index contributed by atoms with van der Waals surface area (Å²) in [5.74, 6) is -0.579. The Morgan fingerprint density at radius 2 is 2.18 bits per heavy atom. The minimum absolute atomic E-state index is 0.0623. The van der Waals surface area contributed by atoms with Gasteiger partial charge in [0, 0.05) is 19.2 Å². The fourth-order valence-corrected chi connectivity index (χ4v) is 6.01. The van der Waals surface area contributed by atoms with E-state index in [2.05, 4.69) is 20.7 Å². The molecule has 3 aromatic heterocycles. The summed E-state index contributed by atoms with van der Waals surface area (Å²) < 4.78 is 37.6. The zero-order chi connectivity index (χ0) is 19.7. The Labute approximate surface area is 168 Å². The van der Waals surface area contributed by atoms with E-state index in [-0.39, 0.29) is 28.4 Å². The van der Waals surface area contributed by atoms with Gasteiger partial charge in [-0.05, 0) is 25.0 Å². The third-order valence-corrected chi connectivity index (χ3v) is 7.77. The van der Waals surface area contributed by atoms with Crippen LogP contribution >= 0.6 is 22.9 Å². The summed E-state index contributed by atoms with van der Waals surface area (Å²) >= 11 is 6.84. The maximum atomic E-state index is 12.8. The standard InChI is InChI=1S/C15H14ClN5O5S2/c16-11-3-4-12(27-11)28(23,24)21-7-1-2-9(8-21)13(22)18-15-20-19-14(25-15)10-5-6-17-26-10/h3-6,9H,1-2,7-8H2,(H,18,20,22)/t9-/m1/s1. The van der Waals surface area contributed by atoms with Crippen molar-refractivity contribution in [1.82, 2.24) is 19.7 Å². The monoisotopic (exact) mass is 443 g/mol. The highest BCUT2D eigenvalue weighted by Gasteiger charge is 2.34. The molecule has 1 fully saturated rings. The molecule has 1 atom stereocenters. The number of halogens is 1. The van der Waals surface area contributed by atoms with Crippen LogP contribution in [0.15, 0.2) is 37.5 Å². The summed E-state index contributed by atoms with van der Waals surface area (Å²) in [7, 11) is -3.69. The number of hydrogen-bond donors (Lipinski definition) is 1. The number of carbonyl (C=O) groups excluding carboxylic acids is 1. The van der Waals surface area contributed by atoms with E-state index >= 15 is 0 Å². The lowest BCUT2D eigenvalue weighted by molar-refractivity contribution is -0.121. The molecule has 4 heterocycles. The van der Waals surface area contributed by atoms with Crippen LogP contribution in [0.4, 0.5) is 6.01 Å². The predicted octanol–water partition coefficient (Wildman–Crippen LogP) is 2.48. The number of thiophene rings is 1. The Morgan fingerprint density at radius 1 is 1.32 bits per heavy atom. The highest BCUT2D eigenvalue weighted by Crippen LogP contribution is 2.31. The maximum Gasteiger partial charge on any atom is 0.322 e. The van der Waals surface area contributed by atoms with E-state index in [1.807, 2.05) is 0 Å². The van der Waals surface area contributed by atoms with E-state index in [1.54, 1.807) is 6.07 Å². The SMILES string of the molecule is O=C(Nc1nnc(-c2ccno2)o1)[C@@H]1CCCN(S(=O)(=O)c2ccc(Cl)s2)C1. The summed E-state index contributed by atoms with van der Waals surface area (Å²) in [5, 5.41) is 13.6. The van der Waals surface area contributed by atoms with Crippen molar-refractivity contribution >= 4 is 44.9 Å². The van der Waals surface area contributed by atoms with Crippen LogP contribution in [0.5, 0.6) is 0 Å². The zero-order valence-electron chi connectivity index (χ0n) is 14.2. The quantitative estimate of drug-likeness (QED) is 0.636. The van der Waals surface area contributed by atoms with E-state index in [9.17, 15) is 13.2 Å². The molecule has 0 aromatic carbocycles. The van der Waals surface area contributed by atoms with Crippen molar-refractivity contribution in [2.24, 2.45) is 5.92 Å². The number of piperidine rings is 1. The van der Waals surface area contributed by atoms with Crippen molar-refractivity contribution in [2.75, 3.05) is 18.4 Å². The molecule has 0 spiro atoms. The van der Waals surface area contributed by atoms with E-state index in [1.165, 1.54) is 22.6 Å². The number of carbonyl (C=O) groups is 1. The summed E-state index contributed by atoms with van der Waals surface area (Å²) in [6.07, 6.45) is 2.53. The Hall–Kier alpha value is -2.28. The molecule has 3 aromatic rings. The minimum atomic E-state index is -3.69. The molecule has 0 radical (unpaired) electrons. The minimum Gasteiger partial charge on any atom is -0.400 e. The number of rotatable bonds is 5. The van der Waals surface area contributed by atoms with Gasteiger partial charge < -0.3 is 8.94 Å². The molecule has 0 unspecified atom stereocenters. The zero-order valence-corrected chi connectivity index (χ0v) is 16.6. The Kier molecular flexibility index (Phi) is 5.19. The number of sulfonamides is 1. The van der Waals surface area contributed by atoms with Gasteiger partial charge >= 0.3 is 6.01 Å². The van der Waals surface area contributed by atoms with Crippen LogP contribution in [0.25, 0.3) is 11.7 Å². The first-order chi connectivity index (χ1) is 13.4. The number of nitrogens with zero attached hydrogens (tertiary/aromatic N) is 4. The van der Waals surface area contributed by atoms with Crippen LogP contribution < -0.4 is 5.32 Å². The molecule has 0 bridgehead atoms. The summed E-state index contributed by atoms with van der Waals surface area (Å²) in [6.45, 7) is 0.407. The van der Waals surface area contributed by atoms with Crippen LogP contribution in [0.1, 0.15) is 12.8 Å². The lowest BCUT2D eigenvalue weighted by Gasteiger charge is -2.30. The van der Waals surface area contributed by atoms with Gasteiger partial charge in [0.15, 0.2) is 0 Å². The van der Waals surface area contributed by atoms with Gasteiger partial charge in [-0.15, -0.1) is 16.4 Å². The highest BCUT2D eigenvalue weighted by molar-refractivity contribution is 7.91. The second kappa shape index (κ2) is 7.62. The van der Waals surface area contributed by atoms with Crippen molar-refractivity contribution in [3.63, 3.8) is 0 Å². The van der Waals surface area contributed by atoms with Crippen molar-refractivity contribution in [2.45, 2.75) is 17.1 Å². The first kappa shape index (κ1) is 19.1. The Bertz CT molecular complexity index is 1080. The molecule has 1 saturated heterocycles. The summed E-state index contributed by atoms with van der Waals surface area (Å²) in [4.78, 5) is 12.6. The third kappa shape index (κ3) is 3.81. The van der Waals surface area contributed by atoms with Gasteiger partial charge in [-0.25, -0.2) is 8.42 Å². The van der Waals surface area contributed by atoms with Crippen LogP contribution in [0.2, 0.25) is 4.34 Å². The average Bonchev–Trinajstić information content (AvgIpc) is 3.43. The first-order valence-electron chi connectivity index (χ1n) is 8.24.